The fourth-order valence-corrected chi connectivity index (χ4v) is 3.40. The zero-order valence-corrected chi connectivity index (χ0v) is 18.7. The van der Waals surface area contributed by atoms with Crippen LogP contribution in [0.15, 0.2) is 40.4 Å². The molecule has 0 saturated carbocycles. The Balaban J connectivity index is 0.000000195. The van der Waals surface area contributed by atoms with Crippen LogP contribution in [0.2, 0.25) is 0 Å². The third kappa shape index (κ3) is 5.92. The van der Waals surface area contributed by atoms with Crippen LogP contribution in [-0.4, -0.2) is 124 Å². The van der Waals surface area contributed by atoms with Crippen molar-refractivity contribution >= 4 is 74.1 Å². The molecular formula is C20H24KN11O4. The second kappa shape index (κ2) is 12.4. The van der Waals surface area contributed by atoms with Crippen LogP contribution in [0.25, 0.3) is 28.2 Å². The van der Waals surface area contributed by atoms with E-state index in [4.69, 9.17) is 15.9 Å². The first-order chi connectivity index (χ1) is 16.9. The Labute approximate surface area is 245 Å². The van der Waals surface area contributed by atoms with Gasteiger partial charge >= 0.3 is 56.9 Å². The number of hydrogen-bond donors (Lipinski definition) is 5. The van der Waals surface area contributed by atoms with Gasteiger partial charge in [-0.2, -0.15) is 4.98 Å². The molecular weight excluding hydrogens is 497 g/mol. The second-order valence-corrected chi connectivity index (χ2v) is 7.69. The number of aromatic nitrogens is 10. The van der Waals surface area contributed by atoms with Gasteiger partial charge in [-0.25, -0.2) is 15.1 Å². The fourth-order valence-electron chi connectivity index (χ4n) is 3.40. The van der Waals surface area contributed by atoms with Gasteiger partial charge in [0.25, 0.3) is 5.56 Å². The van der Waals surface area contributed by atoms with Gasteiger partial charge in [0, 0.05) is 38.1 Å². The topological polar surface area (TPSA) is 219 Å². The predicted octanol–water partition coefficient (Wildman–Crippen LogP) is -1.77. The first-order valence-corrected chi connectivity index (χ1v) is 10.6. The van der Waals surface area contributed by atoms with Crippen LogP contribution in [0, 0.1) is 12.8 Å². The van der Waals surface area contributed by atoms with Gasteiger partial charge in [0.05, 0.1) is 6.33 Å². The summed E-state index contributed by atoms with van der Waals surface area (Å²) in [7, 11) is 0. The molecule has 0 aromatic carbocycles. The number of nitrogens with zero attached hydrogens (tertiary/aromatic N) is 8. The molecule has 0 bridgehead atoms. The molecule has 0 saturated heterocycles. The van der Waals surface area contributed by atoms with E-state index in [0.717, 1.165) is 5.56 Å². The number of imidazole rings is 1. The number of nitrogens with two attached hydrogens (primary N) is 1. The summed E-state index contributed by atoms with van der Waals surface area (Å²) >= 11 is 0. The molecule has 0 unspecified atom stereocenters. The average molecular weight is 522 g/mol. The molecule has 5 aromatic rings. The van der Waals surface area contributed by atoms with Crippen LogP contribution < -0.4 is 16.9 Å². The molecule has 0 fully saturated rings. The monoisotopic (exact) mass is 521 g/mol. The summed E-state index contributed by atoms with van der Waals surface area (Å²) in [5.74, 6) is 0.168. The molecule has 5 rings (SSSR count). The van der Waals surface area contributed by atoms with Gasteiger partial charge in [0.1, 0.15) is 16.9 Å². The van der Waals surface area contributed by atoms with E-state index in [1.807, 2.05) is 13.0 Å². The number of H-pyrrole nitrogens is 2. The Morgan fingerprint density at radius 2 is 1.97 bits per heavy atom. The summed E-state index contributed by atoms with van der Waals surface area (Å²) in [6, 6.07) is 3.70. The number of aryl methyl sites for hydroxylation is 2. The summed E-state index contributed by atoms with van der Waals surface area (Å²) < 4.78 is 3.19. The van der Waals surface area contributed by atoms with Gasteiger partial charge in [-0.1, -0.05) is 6.07 Å². The van der Waals surface area contributed by atoms with Gasteiger partial charge < -0.3 is 25.5 Å². The number of aliphatic hydroxyl groups excluding tert-OH is 2. The van der Waals surface area contributed by atoms with Crippen molar-refractivity contribution in [3.8, 4) is 11.4 Å². The molecule has 0 amide bonds. The fraction of sp³-hybridized carbons (Fsp3) is 0.300. The number of nitrogens with one attached hydrogen (secondary N) is 2. The van der Waals surface area contributed by atoms with E-state index in [9.17, 15) is 9.59 Å². The number of rotatable bonds is 6. The van der Waals surface area contributed by atoms with Crippen molar-refractivity contribution in [3.63, 3.8) is 0 Å². The Morgan fingerprint density at radius 1 is 1.19 bits per heavy atom. The molecule has 0 spiro atoms. The zero-order chi connectivity index (χ0) is 24.9. The average Bonchev–Trinajstić information content (AvgIpc) is 3.52. The van der Waals surface area contributed by atoms with Gasteiger partial charge in [0.2, 0.25) is 5.95 Å². The van der Waals surface area contributed by atoms with E-state index in [1.54, 1.807) is 16.8 Å². The molecule has 16 heteroatoms. The predicted molar refractivity (Wildman–Crippen MR) is 131 cm³/mol. The summed E-state index contributed by atoms with van der Waals surface area (Å²) in [6.45, 7) is 2.26. The molecule has 0 radical (unpaired) electrons. The zero-order valence-electron chi connectivity index (χ0n) is 18.7. The number of pyridine rings is 1. The van der Waals surface area contributed by atoms with Crippen LogP contribution in [0.1, 0.15) is 12.0 Å². The number of fused-ring (bicyclic) bond motifs is 2. The third-order valence-corrected chi connectivity index (χ3v) is 5.33. The van der Waals surface area contributed by atoms with E-state index in [2.05, 4.69) is 40.6 Å². The summed E-state index contributed by atoms with van der Waals surface area (Å²) in [5, 5.41) is 31.1. The minimum absolute atomic E-state index is 0. The molecule has 0 aliphatic heterocycles. The Morgan fingerprint density at radius 3 is 2.67 bits per heavy atom. The van der Waals surface area contributed by atoms with E-state index < -0.39 is 5.56 Å². The Kier molecular flexibility index (Phi) is 9.54. The van der Waals surface area contributed by atoms with Crippen LogP contribution >= 0.6 is 0 Å². The molecule has 0 atom stereocenters. The van der Waals surface area contributed by atoms with Crippen molar-refractivity contribution in [3.05, 3.63) is 57.1 Å². The molecule has 0 aliphatic rings. The van der Waals surface area contributed by atoms with E-state index >= 15 is 0 Å². The standard InChI is InChI=1S/C10H8N6O.C10H15N5O3.K.H/c1-6-3-2-4-16-9(6)11-5-7(10(16)17)8-12-14-15-13-8;11-10-13-8-7(9(18)14-10)12-5-15(8)2-1-6(3-16)4-17;;/h2-5H,1H3,(H,12,13,14,15);5-6,16-17H,1-4H2,(H3,11,13,14,18);;. The summed E-state index contributed by atoms with van der Waals surface area (Å²) in [4.78, 5) is 38.2. The molecule has 184 valence electrons. The number of aliphatic hydroxyl groups is 2. The van der Waals surface area contributed by atoms with Crippen molar-refractivity contribution in [2.75, 3.05) is 18.9 Å². The van der Waals surface area contributed by atoms with Crippen LogP contribution in [-0.2, 0) is 6.54 Å². The number of tetrazole rings is 1. The molecule has 5 aromatic heterocycles. The molecule has 6 N–H and O–H groups in total. The minimum atomic E-state index is -0.471. The SMILES string of the molecule is Cc1cccn2c(=O)c(-c3nnn[nH]3)cnc12.Nc1nc(=O)c2ncn(CCC(CO)CO)c2[nH]1.[KH]. The first-order valence-electron chi connectivity index (χ1n) is 10.6. The quantitative estimate of drug-likeness (QED) is 0.157. The van der Waals surface area contributed by atoms with Crippen LogP contribution in [0.3, 0.4) is 0 Å². The van der Waals surface area contributed by atoms with E-state index in [0.29, 0.717) is 35.6 Å². The summed E-state index contributed by atoms with van der Waals surface area (Å²) in [5.41, 5.74) is 7.45. The van der Waals surface area contributed by atoms with Crippen molar-refractivity contribution in [2.45, 2.75) is 19.9 Å². The van der Waals surface area contributed by atoms with Gasteiger partial charge in [0.15, 0.2) is 11.3 Å². The number of aromatic amines is 2. The van der Waals surface area contributed by atoms with Gasteiger partial charge in [-0.15, -0.1) is 5.10 Å². The number of nitrogen functional groups attached to an aromatic ring is 1. The van der Waals surface area contributed by atoms with Gasteiger partial charge in [-0.05, 0) is 35.4 Å². The molecule has 0 aliphatic carbocycles. The molecule has 5 heterocycles. The summed E-state index contributed by atoms with van der Waals surface area (Å²) in [6.07, 6.45) is 5.23. The van der Waals surface area contributed by atoms with Gasteiger partial charge in [-0.3, -0.25) is 14.0 Å². The third-order valence-electron chi connectivity index (χ3n) is 5.33. The Hall–Kier alpha value is -2.86. The first kappa shape index (κ1) is 27.7. The number of anilines is 1. The Bertz CT molecular complexity index is 1560. The maximum absolute atomic E-state index is 12.2. The van der Waals surface area contributed by atoms with Crippen molar-refractivity contribution in [2.24, 2.45) is 5.92 Å². The van der Waals surface area contributed by atoms with Crippen molar-refractivity contribution < 1.29 is 10.2 Å². The van der Waals surface area contributed by atoms with Crippen molar-refractivity contribution in [1.29, 1.82) is 0 Å². The number of hydrogen-bond acceptors (Lipinski definition) is 11. The van der Waals surface area contributed by atoms with E-state index in [-0.39, 0.29) is 87.5 Å². The maximum atomic E-state index is 12.2. The van der Waals surface area contributed by atoms with Crippen LogP contribution in [0.5, 0.6) is 0 Å². The normalized spacial score (nSPS) is 10.9. The molecule has 15 nitrogen and oxygen atoms in total. The van der Waals surface area contributed by atoms with Crippen molar-refractivity contribution in [1.82, 2.24) is 49.5 Å². The van der Waals surface area contributed by atoms with Crippen LogP contribution in [0.4, 0.5) is 5.95 Å². The van der Waals surface area contributed by atoms with E-state index in [1.165, 1.54) is 16.9 Å². The molecule has 36 heavy (non-hydrogen) atoms. The second-order valence-electron chi connectivity index (χ2n) is 7.69.